The maximum absolute atomic E-state index is 9.11. The molecule has 3 heteroatoms. The van der Waals surface area contributed by atoms with E-state index in [2.05, 4.69) is 5.32 Å². The van der Waals surface area contributed by atoms with E-state index in [0.29, 0.717) is 12.6 Å². The molecule has 1 saturated heterocycles. The van der Waals surface area contributed by atoms with Gasteiger partial charge < -0.3 is 15.2 Å². The number of hydrogen-bond donors (Lipinski definition) is 2. The molecular formula is C10H19NO2. The molecule has 0 aromatic heterocycles. The average molecular weight is 185 g/mol. The van der Waals surface area contributed by atoms with E-state index in [9.17, 15) is 0 Å². The van der Waals surface area contributed by atoms with Crippen molar-refractivity contribution >= 4 is 0 Å². The van der Waals surface area contributed by atoms with Crippen molar-refractivity contribution in [2.75, 3.05) is 26.4 Å². The number of rotatable bonds is 4. The molecule has 1 aliphatic carbocycles. The molecule has 0 aromatic rings. The molecule has 1 aliphatic heterocycles. The van der Waals surface area contributed by atoms with Crippen molar-refractivity contribution in [3.63, 3.8) is 0 Å². The van der Waals surface area contributed by atoms with Crippen molar-refractivity contribution in [3.8, 4) is 0 Å². The van der Waals surface area contributed by atoms with E-state index >= 15 is 0 Å². The molecule has 2 rings (SSSR count). The zero-order valence-corrected chi connectivity index (χ0v) is 8.09. The Morgan fingerprint density at radius 3 is 2.85 bits per heavy atom. The summed E-state index contributed by atoms with van der Waals surface area (Å²) in [7, 11) is 0. The van der Waals surface area contributed by atoms with Gasteiger partial charge in [0, 0.05) is 31.2 Å². The zero-order chi connectivity index (χ0) is 9.15. The minimum absolute atomic E-state index is 0.234. The normalized spacial score (nSPS) is 31.6. The highest BCUT2D eigenvalue weighted by atomic mass is 16.5. The molecule has 0 spiro atoms. The van der Waals surface area contributed by atoms with Crippen LogP contribution in [0.2, 0.25) is 0 Å². The van der Waals surface area contributed by atoms with Gasteiger partial charge in [-0.05, 0) is 25.7 Å². The molecule has 76 valence electrons. The molecule has 0 amide bonds. The fourth-order valence-corrected chi connectivity index (χ4v) is 1.83. The van der Waals surface area contributed by atoms with Crippen LogP contribution in [0.25, 0.3) is 0 Å². The highest BCUT2D eigenvalue weighted by molar-refractivity contribution is 4.95. The molecular weight excluding hydrogens is 166 g/mol. The molecule has 2 aliphatic rings. The number of hydrogen-bond acceptors (Lipinski definition) is 3. The largest absolute Gasteiger partial charge is 0.396 e. The Labute approximate surface area is 79.5 Å². The minimum Gasteiger partial charge on any atom is -0.396 e. The molecule has 1 unspecified atom stereocenters. The van der Waals surface area contributed by atoms with Crippen molar-refractivity contribution in [3.05, 3.63) is 0 Å². The van der Waals surface area contributed by atoms with E-state index in [4.69, 9.17) is 9.84 Å². The average Bonchev–Trinajstić information content (AvgIpc) is 2.97. The van der Waals surface area contributed by atoms with Crippen molar-refractivity contribution in [2.24, 2.45) is 5.41 Å². The summed E-state index contributed by atoms with van der Waals surface area (Å²) < 4.78 is 5.38. The third kappa shape index (κ3) is 2.42. The van der Waals surface area contributed by atoms with Crippen LogP contribution in [0.1, 0.15) is 25.7 Å². The lowest BCUT2D eigenvalue weighted by molar-refractivity contribution is 0.0667. The summed E-state index contributed by atoms with van der Waals surface area (Å²) in [5.41, 5.74) is 0.234. The first-order valence-corrected chi connectivity index (χ1v) is 5.27. The van der Waals surface area contributed by atoms with E-state index in [0.717, 1.165) is 19.8 Å². The lowest BCUT2D eigenvalue weighted by Crippen LogP contribution is -2.40. The van der Waals surface area contributed by atoms with Gasteiger partial charge in [-0.2, -0.15) is 0 Å². The van der Waals surface area contributed by atoms with Crippen molar-refractivity contribution < 1.29 is 9.84 Å². The fourth-order valence-electron chi connectivity index (χ4n) is 1.83. The van der Waals surface area contributed by atoms with Gasteiger partial charge in [0.15, 0.2) is 0 Å². The summed E-state index contributed by atoms with van der Waals surface area (Å²) in [6, 6.07) is 0.526. The summed E-state index contributed by atoms with van der Waals surface area (Å²) in [5.74, 6) is 0. The first-order chi connectivity index (χ1) is 6.35. The Morgan fingerprint density at radius 1 is 1.46 bits per heavy atom. The van der Waals surface area contributed by atoms with Crippen molar-refractivity contribution in [2.45, 2.75) is 31.7 Å². The number of aliphatic hydroxyl groups is 1. The highest BCUT2D eigenvalue weighted by Crippen LogP contribution is 2.44. The number of aliphatic hydroxyl groups excluding tert-OH is 1. The first kappa shape index (κ1) is 9.44. The molecule has 3 nitrogen and oxygen atoms in total. The Morgan fingerprint density at radius 2 is 2.31 bits per heavy atom. The second kappa shape index (κ2) is 3.95. The van der Waals surface area contributed by atoms with Gasteiger partial charge in [-0.3, -0.25) is 0 Å². The summed E-state index contributed by atoms with van der Waals surface area (Å²) in [6.07, 6.45) is 4.76. The van der Waals surface area contributed by atoms with Crippen LogP contribution in [0.4, 0.5) is 0 Å². The second-order valence-electron chi connectivity index (χ2n) is 4.45. The Balaban J connectivity index is 1.66. The molecule has 0 radical (unpaired) electrons. The van der Waals surface area contributed by atoms with Crippen LogP contribution in [0, 0.1) is 5.41 Å². The van der Waals surface area contributed by atoms with Crippen LogP contribution in [0.15, 0.2) is 0 Å². The molecule has 1 atom stereocenters. The van der Waals surface area contributed by atoms with E-state index in [1.54, 1.807) is 0 Å². The Bertz CT molecular complexity index is 162. The van der Waals surface area contributed by atoms with Crippen molar-refractivity contribution in [1.82, 2.24) is 5.32 Å². The van der Waals surface area contributed by atoms with Crippen LogP contribution < -0.4 is 5.32 Å². The molecule has 2 N–H and O–H groups in total. The van der Waals surface area contributed by atoms with Crippen LogP contribution in [-0.4, -0.2) is 37.5 Å². The summed E-state index contributed by atoms with van der Waals surface area (Å²) >= 11 is 0. The summed E-state index contributed by atoms with van der Waals surface area (Å²) in [6.45, 7) is 3.08. The second-order valence-corrected chi connectivity index (χ2v) is 4.45. The molecule has 0 aromatic carbocycles. The van der Waals surface area contributed by atoms with Crippen LogP contribution in [-0.2, 0) is 4.74 Å². The van der Waals surface area contributed by atoms with Gasteiger partial charge in [-0.15, -0.1) is 0 Å². The van der Waals surface area contributed by atoms with Gasteiger partial charge in [-0.1, -0.05) is 0 Å². The van der Waals surface area contributed by atoms with Crippen LogP contribution in [0.3, 0.4) is 0 Å². The Kier molecular flexibility index (Phi) is 2.86. The summed E-state index contributed by atoms with van der Waals surface area (Å²) in [5, 5.41) is 12.6. The van der Waals surface area contributed by atoms with Crippen LogP contribution in [0.5, 0.6) is 0 Å². The molecule has 2 fully saturated rings. The maximum atomic E-state index is 9.11. The third-order valence-corrected chi connectivity index (χ3v) is 3.22. The molecule has 0 bridgehead atoms. The van der Waals surface area contributed by atoms with Crippen molar-refractivity contribution in [1.29, 1.82) is 0 Å². The Hall–Kier alpha value is -0.120. The lowest BCUT2D eigenvalue weighted by Gasteiger charge is -2.25. The van der Waals surface area contributed by atoms with Gasteiger partial charge in [0.25, 0.3) is 0 Å². The third-order valence-electron chi connectivity index (χ3n) is 3.22. The SMILES string of the molecule is OCC1(CNC2CCCOC2)CC1. The van der Waals surface area contributed by atoms with Gasteiger partial charge in [0.05, 0.1) is 6.61 Å². The molecule has 1 heterocycles. The minimum atomic E-state index is 0.234. The topological polar surface area (TPSA) is 41.5 Å². The molecule has 13 heavy (non-hydrogen) atoms. The van der Waals surface area contributed by atoms with Gasteiger partial charge in [0.1, 0.15) is 0 Å². The quantitative estimate of drug-likeness (QED) is 0.671. The smallest absolute Gasteiger partial charge is 0.0619 e. The zero-order valence-electron chi connectivity index (χ0n) is 8.09. The number of ether oxygens (including phenoxy) is 1. The predicted molar refractivity (Wildman–Crippen MR) is 50.6 cm³/mol. The molecule has 1 saturated carbocycles. The van der Waals surface area contributed by atoms with Gasteiger partial charge in [0.2, 0.25) is 0 Å². The number of nitrogens with one attached hydrogen (secondary N) is 1. The van der Waals surface area contributed by atoms with E-state index in [1.165, 1.54) is 25.7 Å². The highest BCUT2D eigenvalue weighted by Gasteiger charge is 2.41. The fraction of sp³-hybridized carbons (Fsp3) is 1.00. The van der Waals surface area contributed by atoms with Gasteiger partial charge >= 0.3 is 0 Å². The van der Waals surface area contributed by atoms with E-state index in [1.807, 2.05) is 0 Å². The van der Waals surface area contributed by atoms with E-state index in [-0.39, 0.29) is 5.41 Å². The maximum Gasteiger partial charge on any atom is 0.0619 e. The standard InChI is InChI=1S/C10H19NO2/c12-8-10(3-4-10)7-11-9-2-1-5-13-6-9/h9,11-12H,1-8H2. The summed E-state index contributed by atoms with van der Waals surface area (Å²) in [4.78, 5) is 0. The van der Waals surface area contributed by atoms with Gasteiger partial charge in [-0.25, -0.2) is 0 Å². The monoisotopic (exact) mass is 185 g/mol. The van der Waals surface area contributed by atoms with E-state index < -0.39 is 0 Å². The van der Waals surface area contributed by atoms with Crippen LogP contribution >= 0.6 is 0 Å². The predicted octanol–water partition coefficient (Wildman–Crippen LogP) is 0.527. The lowest BCUT2D eigenvalue weighted by atomic mass is 10.1. The first-order valence-electron chi connectivity index (χ1n) is 5.27.